The fourth-order valence-electron chi connectivity index (χ4n) is 4.47. The van der Waals surface area contributed by atoms with Crippen LogP contribution in [0.5, 0.6) is 0 Å². The number of rotatable bonds is 7. The van der Waals surface area contributed by atoms with Crippen molar-refractivity contribution < 1.29 is 9.53 Å². The molecule has 1 aromatic heterocycles. The highest BCUT2D eigenvalue weighted by Gasteiger charge is 2.16. The fourth-order valence-corrected chi connectivity index (χ4v) is 5.31. The number of thioether (sulfide) groups is 1. The van der Waals surface area contributed by atoms with Crippen molar-refractivity contribution in [3.8, 4) is 0 Å². The molecule has 1 N–H and O–H groups in total. The fraction of sp³-hybridized carbons (Fsp3) is 0.423. The van der Waals surface area contributed by atoms with Gasteiger partial charge in [0, 0.05) is 42.9 Å². The number of carbonyl (C=O) groups is 1. The van der Waals surface area contributed by atoms with E-state index in [1.807, 2.05) is 36.4 Å². The summed E-state index contributed by atoms with van der Waals surface area (Å²) >= 11 is 1.46. The zero-order valence-electron chi connectivity index (χ0n) is 19.4. The number of anilines is 2. The van der Waals surface area contributed by atoms with Crippen LogP contribution in [-0.4, -0.2) is 65.9 Å². The van der Waals surface area contributed by atoms with Crippen LogP contribution < -0.4 is 10.2 Å². The molecule has 2 aliphatic heterocycles. The molecule has 0 spiro atoms. The average molecular weight is 478 g/mol. The number of hydrogen-bond donors (Lipinski definition) is 1. The van der Waals surface area contributed by atoms with E-state index in [1.54, 1.807) is 0 Å². The minimum absolute atomic E-state index is 0.0341. The second kappa shape index (κ2) is 11.2. The van der Waals surface area contributed by atoms with E-state index < -0.39 is 0 Å². The van der Waals surface area contributed by atoms with E-state index in [4.69, 9.17) is 14.7 Å². The summed E-state index contributed by atoms with van der Waals surface area (Å²) in [6.07, 6.45) is 3.82. The highest BCUT2D eigenvalue weighted by molar-refractivity contribution is 8.00. The van der Waals surface area contributed by atoms with Crippen LogP contribution in [0.2, 0.25) is 0 Å². The summed E-state index contributed by atoms with van der Waals surface area (Å²) in [5.74, 6) is 1.05. The monoisotopic (exact) mass is 477 g/mol. The lowest BCUT2D eigenvalue weighted by atomic mass is 10.1. The Morgan fingerprint density at radius 1 is 0.941 bits per heavy atom. The van der Waals surface area contributed by atoms with Gasteiger partial charge in [0.2, 0.25) is 5.91 Å². The molecule has 0 saturated carbocycles. The maximum atomic E-state index is 12.7. The second-order valence-corrected chi connectivity index (χ2v) is 9.75. The lowest BCUT2D eigenvalue weighted by molar-refractivity contribution is -0.113. The molecule has 8 heteroatoms. The standard InChI is InChI=1S/C26H31N5O2S/c32-25(27-20-8-10-21(11-9-20)31-12-4-1-5-13-31)19-34-26-22-6-2-3-7-23(22)28-24(29-26)18-30-14-16-33-17-15-30/h2-3,6-11H,1,4-5,12-19H2,(H,27,32). The Hall–Kier alpha value is -2.68. The molecule has 3 heterocycles. The van der Waals surface area contributed by atoms with Crippen molar-refractivity contribution in [1.29, 1.82) is 0 Å². The van der Waals surface area contributed by atoms with Crippen molar-refractivity contribution >= 4 is 39.9 Å². The summed E-state index contributed by atoms with van der Waals surface area (Å²) < 4.78 is 5.45. The molecule has 2 aromatic carbocycles. The third-order valence-corrected chi connectivity index (χ3v) is 7.29. The minimum atomic E-state index is -0.0341. The Morgan fingerprint density at radius 3 is 2.50 bits per heavy atom. The van der Waals surface area contributed by atoms with Crippen LogP contribution in [0.4, 0.5) is 11.4 Å². The predicted molar refractivity (Wildman–Crippen MR) is 137 cm³/mol. The molecule has 178 valence electrons. The van der Waals surface area contributed by atoms with Crippen molar-refractivity contribution in [2.24, 2.45) is 0 Å². The zero-order valence-corrected chi connectivity index (χ0v) is 20.2. The van der Waals surface area contributed by atoms with Crippen LogP contribution in [0.3, 0.4) is 0 Å². The first-order chi connectivity index (χ1) is 16.7. The van der Waals surface area contributed by atoms with Gasteiger partial charge >= 0.3 is 0 Å². The Morgan fingerprint density at radius 2 is 1.71 bits per heavy atom. The molecule has 7 nitrogen and oxygen atoms in total. The Bertz CT molecular complexity index is 1110. The summed E-state index contributed by atoms with van der Waals surface area (Å²) in [4.78, 5) is 27.0. The number of ether oxygens (including phenoxy) is 1. The van der Waals surface area contributed by atoms with Crippen LogP contribution in [0.25, 0.3) is 10.9 Å². The number of fused-ring (bicyclic) bond motifs is 1. The lowest BCUT2D eigenvalue weighted by Gasteiger charge is -2.28. The predicted octanol–water partition coefficient (Wildman–Crippen LogP) is 4.18. The highest BCUT2D eigenvalue weighted by atomic mass is 32.2. The molecule has 0 atom stereocenters. The van der Waals surface area contributed by atoms with Crippen molar-refractivity contribution in [2.75, 3.05) is 55.4 Å². The van der Waals surface area contributed by atoms with Gasteiger partial charge in [0.05, 0.1) is 31.0 Å². The van der Waals surface area contributed by atoms with E-state index in [0.717, 1.165) is 66.8 Å². The van der Waals surface area contributed by atoms with Crippen LogP contribution >= 0.6 is 11.8 Å². The normalized spacial score (nSPS) is 17.1. The van der Waals surface area contributed by atoms with Gasteiger partial charge in [-0.1, -0.05) is 30.0 Å². The number of piperidine rings is 1. The quantitative estimate of drug-likeness (QED) is 0.404. The molecule has 34 heavy (non-hydrogen) atoms. The third kappa shape index (κ3) is 5.87. The molecule has 2 aliphatic rings. The molecular formula is C26H31N5O2S. The van der Waals surface area contributed by atoms with Crippen LogP contribution in [0.1, 0.15) is 25.1 Å². The van der Waals surface area contributed by atoms with E-state index in [0.29, 0.717) is 12.3 Å². The third-order valence-electron chi connectivity index (χ3n) is 6.30. The molecule has 0 aliphatic carbocycles. The van der Waals surface area contributed by atoms with Gasteiger partial charge in [0.1, 0.15) is 10.9 Å². The number of nitrogens with one attached hydrogen (secondary N) is 1. The molecule has 2 saturated heterocycles. The minimum Gasteiger partial charge on any atom is -0.379 e. The topological polar surface area (TPSA) is 70.6 Å². The summed E-state index contributed by atoms with van der Waals surface area (Å²) in [6.45, 7) is 6.18. The second-order valence-electron chi connectivity index (χ2n) is 8.78. The SMILES string of the molecule is O=C(CSc1nc(CN2CCOCC2)nc2ccccc12)Nc1ccc(N2CCCCC2)cc1. The summed E-state index contributed by atoms with van der Waals surface area (Å²) in [6, 6.07) is 16.2. The van der Waals surface area contributed by atoms with Crippen molar-refractivity contribution in [3.63, 3.8) is 0 Å². The van der Waals surface area contributed by atoms with Crippen molar-refractivity contribution in [1.82, 2.24) is 14.9 Å². The largest absolute Gasteiger partial charge is 0.379 e. The van der Waals surface area contributed by atoms with E-state index in [-0.39, 0.29) is 5.91 Å². The van der Waals surface area contributed by atoms with E-state index in [1.165, 1.54) is 36.7 Å². The Kier molecular flexibility index (Phi) is 7.58. The average Bonchev–Trinajstić information content (AvgIpc) is 2.89. The molecule has 2 fully saturated rings. The van der Waals surface area contributed by atoms with Gasteiger partial charge in [-0.2, -0.15) is 0 Å². The smallest absolute Gasteiger partial charge is 0.234 e. The van der Waals surface area contributed by atoms with Gasteiger partial charge < -0.3 is 15.0 Å². The number of hydrogen-bond acceptors (Lipinski definition) is 7. The number of aromatic nitrogens is 2. The van der Waals surface area contributed by atoms with Crippen LogP contribution in [0, 0.1) is 0 Å². The summed E-state index contributed by atoms with van der Waals surface area (Å²) in [5.41, 5.74) is 2.97. The molecule has 0 bridgehead atoms. The number of nitrogens with zero attached hydrogens (tertiary/aromatic N) is 4. The Labute approximate surface area is 204 Å². The number of amides is 1. The first-order valence-corrected chi connectivity index (χ1v) is 13.1. The zero-order chi connectivity index (χ0) is 23.2. The van der Waals surface area contributed by atoms with Crippen LogP contribution in [-0.2, 0) is 16.1 Å². The van der Waals surface area contributed by atoms with Crippen LogP contribution in [0.15, 0.2) is 53.6 Å². The highest BCUT2D eigenvalue weighted by Crippen LogP contribution is 2.26. The summed E-state index contributed by atoms with van der Waals surface area (Å²) in [7, 11) is 0. The van der Waals surface area contributed by atoms with Gasteiger partial charge in [-0.05, 0) is 49.6 Å². The maximum Gasteiger partial charge on any atom is 0.234 e. The lowest BCUT2D eigenvalue weighted by Crippen LogP contribution is -2.36. The first kappa shape index (κ1) is 23.1. The van der Waals surface area contributed by atoms with Gasteiger partial charge in [0.15, 0.2) is 0 Å². The molecule has 0 radical (unpaired) electrons. The maximum absolute atomic E-state index is 12.7. The first-order valence-electron chi connectivity index (χ1n) is 12.1. The van der Waals surface area contributed by atoms with Gasteiger partial charge in [-0.3, -0.25) is 9.69 Å². The Balaban J connectivity index is 1.22. The molecule has 3 aromatic rings. The molecule has 1 amide bonds. The number of carbonyl (C=O) groups excluding carboxylic acids is 1. The van der Waals surface area contributed by atoms with E-state index in [9.17, 15) is 4.79 Å². The van der Waals surface area contributed by atoms with Gasteiger partial charge in [-0.25, -0.2) is 9.97 Å². The molecule has 0 unspecified atom stereocenters. The van der Waals surface area contributed by atoms with Gasteiger partial charge in [0.25, 0.3) is 0 Å². The van der Waals surface area contributed by atoms with E-state index in [2.05, 4.69) is 27.2 Å². The van der Waals surface area contributed by atoms with Gasteiger partial charge in [-0.15, -0.1) is 0 Å². The number of benzene rings is 2. The molecule has 5 rings (SSSR count). The molecular weight excluding hydrogens is 446 g/mol. The van der Waals surface area contributed by atoms with Crippen molar-refractivity contribution in [3.05, 3.63) is 54.4 Å². The number of morpholine rings is 1. The van der Waals surface area contributed by atoms with E-state index >= 15 is 0 Å². The number of para-hydroxylation sites is 1. The van der Waals surface area contributed by atoms with Crippen molar-refractivity contribution in [2.45, 2.75) is 30.8 Å². The summed E-state index contributed by atoms with van der Waals surface area (Å²) in [5, 5.41) is 4.86.